The van der Waals surface area contributed by atoms with Gasteiger partial charge in [-0.15, -0.1) is 0 Å². The van der Waals surface area contributed by atoms with Crippen LogP contribution in [0.3, 0.4) is 0 Å². The predicted octanol–water partition coefficient (Wildman–Crippen LogP) is -0.254. The molecule has 1 aliphatic heterocycles. The number of likely N-dealkylation sites (N-methyl/N-ethyl adjacent to an activating group) is 1. The molecule has 1 aliphatic carbocycles. The van der Waals surface area contributed by atoms with E-state index in [-0.39, 0.29) is 23.9 Å². The molecule has 0 aromatic heterocycles. The Hall–Kier alpha value is -1.63. The largest absolute Gasteiger partial charge is 0.368 e. The molecular weight excluding hydrogens is 296 g/mol. The first kappa shape index (κ1) is 17.7. The summed E-state index contributed by atoms with van der Waals surface area (Å²) in [6, 6.07) is -1.13. The number of carbonyl (C=O) groups excluding carboxylic acids is 3. The third kappa shape index (κ3) is 4.22. The molecule has 130 valence electrons. The standard InChI is InChI=1S/C16H28N4O3/c1-10(21)19-12-8-13(15(17)22)20(9-12)16(23)14(18-2)11-6-4-3-5-7-11/h11-14,18H,3-9H2,1-2H3,(H2,17,22)(H,19,21). The van der Waals surface area contributed by atoms with Gasteiger partial charge in [0.2, 0.25) is 17.7 Å². The van der Waals surface area contributed by atoms with Gasteiger partial charge in [0.05, 0.1) is 6.04 Å². The maximum absolute atomic E-state index is 13.0. The number of rotatable bonds is 5. The molecule has 0 radical (unpaired) electrons. The third-order valence-electron chi connectivity index (χ3n) is 5.02. The number of hydrogen-bond donors (Lipinski definition) is 3. The Morgan fingerprint density at radius 2 is 1.83 bits per heavy atom. The van der Waals surface area contributed by atoms with Crippen molar-refractivity contribution in [3.8, 4) is 0 Å². The molecule has 0 spiro atoms. The Morgan fingerprint density at radius 1 is 1.17 bits per heavy atom. The summed E-state index contributed by atoms with van der Waals surface area (Å²) in [7, 11) is 1.79. The van der Waals surface area contributed by atoms with Crippen molar-refractivity contribution in [2.24, 2.45) is 11.7 Å². The first-order valence-corrected chi connectivity index (χ1v) is 8.48. The fraction of sp³-hybridized carbons (Fsp3) is 0.812. The topological polar surface area (TPSA) is 105 Å². The molecule has 0 bridgehead atoms. The molecule has 3 unspecified atom stereocenters. The van der Waals surface area contributed by atoms with E-state index >= 15 is 0 Å². The number of nitrogens with one attached hydrogen (secondary N) is 2. The zero-order chi connectivity index (χ0) is 17.0. The molecule has 0 aromatic rings. The van der Waals surface area contributed by atoms with Gasteiger partial charge < -0.3 is 21.3 Å². The van der Waals surface area contributed by atoms with Gasteiger partial charge in [-0.25, -0.2) is 0 Å². The molecule has 4 N–H and O–H groups in total. The van der Waals surface area contributed by atoms with Crippen molar-refractivity contribution >= 4 is 17.7 Å². The average molecular weight is 324 g/mol. The minimum absolute atomic E-state index is 0.0731. The summed E-state index contributed by atoms with van der Waals surface area (Å²) in [6.45, 7) is 1.78. The molecule has 1 saturated carbocycles. The van der Waals surface area contributed by atoms with Gasteiger partial charge in [-0.1, -0.05) is 19.3 Å². The van der Waals surface area contributed by atoms with Crippen LogP contribution in [0.1, 0.15) is 45.4 Å². The summed E-state index contributed by atoms with van der Waals surface area (Å²) in [5.74, 6) is -0.444. The van der Waals surface area contributed by atoms with Crippen LogP contribution in [-0.2, 0) is 14.4 Å². The fourth-order valence-electron chi connectivity index (χ4n) is 3.95. The number of carbonyl (C=O) groups is 3. The van der Waals surface area contributed by atoms with Gasteiger partial charge in [-0.05, 0) is 32.2 Å². The number of nitrogens with two attached hydrogens (primary N) is 1. The van der Waals surface area contributed by atoms with Crippen LogP contribution >= 0.6 is 0 Å². The van der Waals surface area contributed by atoms with E-state index in [2.05, 4.69) is 10.6 Å². The zero-order valence-corrected chi connectivity index (χ0v) is 14.0. The van der Waals surface area contributed by atoms with Crippen LogP contribution in [0, 0.1) is 5.92 Å². The second-order valence-corrected chi connectivity index (χ2v) is 6.71. The first-order valence-electron chi connectivity index (χ1n) is 8.48. The van der Waals surface area contributed by atoms with E-state index in [1.807, 2.05) is 0 Å². The number of amides is 3. The van der Waals surface area contributed by atoms with Crippen molar-refractivity contribution < 1.29 is 14.4 Å². The number of likely N-dealkylation sites (tertiary alicyclic amines) is 1. The molecular formula is C16H28N4O3. The van der Waals surface area contributed by atoms with E-state index < -0.39 is 11.9 Å². The maximum Gasteiger partial charge on any atom is 0.240 e. The van der Waals surface area contributed by atoms with Crippen LogP contribution in [0.15, 0.2) is 0 Å². The van der Waals surface area contributed by atoms with Gasteiger partial charge in [-0.3, -0.25) is 14.4 Å². The highest BCUT2D eigenvalue weighted by Gasteiger charge is 2.42. The van der Waals surface area contributed by atoms with E-state index in [0.29, 0.717) is 18.9 Å². The van der Waals surface area contributed by atoms with E-state index in [4.69, 9.17) is 5.73 Å². The van der Waals surface area contributed by atoms with Crippen LogP contribution < -0.4 is 16.4 Å². The Labute approximate surface area is 137 Å². The molecule has 23 heavy (non-hydrogen) atoms. The SMILES string of the molecule is CNC(C(=O)N1CC(NC(C)=O)CC1C(N)=O)C1CCCCC1. The Balaban J connectivity index is 2.10. The first-order chi connectivity index (χ1) is 10.9. The van der Waals surface area contributed by atoms with Gasteiger partial charge in [0.25, 0.3) is 0 Å². The molecule has 1 saturated heterocycles. The second-order valence-electron chi connectivity index (χ2n) is 6.71. The summed E-state index contributed by atoms with van der Waals surface area (Å²) in [4.78, 5) is 37.5. The minimum Gasteiger partial charge on any atom is -0.368 e. The van der Waals surface area contributed by atoms with Crippen molar-refractivity contribution in [1.82, 2.24) is 15.5 Å². The molecule has 2 aliphatic rings. The molecule has 3 atom stereocenters. The van der Waals surface area contributed by atoms with E-state index in [0.717, 1.165) is 25.7 Å². The number of hydrogen-bond acceptors (Lipinski definition) is 4. The lowest BCUT2D eigenvalue weighted by atomic mass is 9.83. The molecule has 0 aromatic carbocycles. The monoisotopic (exact) mass is 324 g/mol. The number of nitrogens with zero attached hydrogens (tertiary/aromatic N) is 1. The molecule has 7 heteroatoms. The van der Waals surface area contributed by atoms with Gasteiger partial charge in [0, 0.05) is 19.5 Å². The van der Waals surface area contributed by atoms with Gasteiger partial charge in [0.15, 0.2) is 0 Å². The minimum atomic E-state index is -0.640. The summed E-state index contributed by atoms with van der Waals surface area (Å²) in [5.41, 5.74) is 5.47. The lowest BCUT2D eigenvalue weighted by Gasteiger charge is -2.33. The van der Waals surface area contributed by atoms with Crippen molar-refractivity contribution in [2.45, 2.75) is 63.6 Å². The van der Waals surface area contributed by atoms with Gasteiger partial charge in [-0.2, -0.15) is 0 Å². The van der Waals surface area contributed by atoms with Crippen LogP contribution in [0.4, 0.5) is 0 Å². The molecule has 7 nitrogen and oxygen atoms in total. The van der Waals surface area contributed by atoms with Crippen molar-refractivity contribution in [3.05, 3.63) is 0 Å². The van der Waals surface area contributed by atoms with Gasteiger partial charge in [0.1, 0.15) is 6.04 Å². The maximum atomic E-state index is 13.0. The highest BCUT2D eigenvalue weighted by atomic mass is 16.2. The lowest BCUT2D eigenvalue weighted by molar-refractivity contribution is -0.140. The Bertz CT molecular complexity index is 462. The van der Waals surface area contributed by atoms with Crippen LogP contribution in [0.2, 0.25) is 0 Å². The van der Waals surface area contributed by atoms with Crippen LogP contribution in [0.25, 0.3) is 0 Å². The average Bonchev–Trinajstić information content (AvgIpc) is 2.92. The van der Waals surface area contributed by atoms with E-state index in [1.165, 1.54) is 13.3 Å². The Morgan fingerprint density at radius 3 is 2.35 bits per heavy atom. The fourth-order valence-corrected chi connectivity index (χ4v) is 3.95. The lowest BCUT2D eigenvalue weighted by Crippen LogP contribution is -2.54. The van der Waals surface area contributed by atoms with E-state index in [9.17, 15) is 14.4 Å². The zero-order valence-electron chi connectivity index (χ0n) is 14.0. The predicted molar refractivity (Wildman–Crippen MR) is 86.3 cm³/mol. The second kappa shape index (κ2) is 7.77. The molecule has 3 amide bonds. The Kier molecular flexibility index (Phi) is 5.98. The summed E-state index contributed by atoms with van der Waals surface area (Å²) in [6.07, 6.45) is 5.96. The normalized spacial score (nSPS) is 26.8. The summed E-state index contributed by atoms with van der Waals surface area (Å²) < 4.78 is 0. The van der Waals surface area contributed by atoms with Crippen molar-refractivity contribution in [2.75, 3.05) is 13.6 Å². The third-order valence-corrected chi connectivity index (χ3v) is 5.02. The smallest absolute Gasteiger partial charge is 0.240 e. The quantitative estimate of drug-likeness (QED) is 0.648. The summed E-state index contributed by atoms with van der Waals surface area (Å²) in [5, 5.41) is 5.92. The van der Waals surface area contributed by atoms with Gasteiger partial charge >= 0.3 is 0 Å². The molecule has 2 fully saturated rings. The molecule has 1 heterocycles. The summed E-state index contributed by atoms with van der Waals surface area (Å²) >= 11 is 0. The van der Waals surface area contributed by atoms with Crippen molar-refractivity contribution in [3.63, 3.8) is 0 Å². The van der Waals surface area contributed by atoms with Crippen LogP contribution in [-0.4, -0.2) is 54.3 Å². The highest BCUT2D eigenvalue weighted by Crippen LogP contribution is 2.29. The molecule has 2 rings (SSSR count). The van der Waals surface area contributed by atoms with Crippen LogP contribution in [0.5, 0.6) is 0 Å². The van der Waals surface area contributed by atoms with E-state index in [1.54, 1.807) is 11.9 Å². The van der Waals surface area contributed by atoms with Crippen molar-refractivity contribution in [1.29, 1.82) is 0 Å². The highest BCUT2D eigenvalue weighted by molar-refractivity contribution is 5.90. The number of primary amides is 1.